The fourth-order valence-corrected chi connectivity index (χ4v) is 2.62. The highest BCUT2D eigenvalue weighted by atomic mass is 32.2. The van der Waals surface area contributed by atoms with Gasteiger partial charge in [0.1, 0.15) is 0 Å². The van der Waals surface area contributed by atoms with Crippen molar-refractivity contribution in [2.75, 3.05) is 5.75 Å². The van der Waals surface area contributed by atoms with E-state index < -0.39 is 10.0 Å². The summed E-state index contributed by atoms with van der Waals surface area (Å²) in [7, 11) is -3.05. The normalized spacial score (nSPS) is 20.2. The zero-order chi connectivity index (χ0) is 9.73. The summed E-state index contributed by atoms with van der Waals surface area (Å²) in [6.07, 6.45) is 6.26. The van der Waals surface area contributed by atoms with E-state index in [2.05, 4.69) is 11.3 Å². The maximum Gasteiger partial charge on any atom is 0.253 e. The highest BCUT2D eigenvalue weighted by molar-refractivity contribution is 7.90. The summed E-state index contributed by atoms with van der Waals surface area (Å²) < 4.78 is 25.6. The second kappa shape index (κ2) is 4.74. The molecular formula is C9H17NO2S. The monoisotopic (exact) mass is 203 g/mol. The largest absolute Gasteiger partial charge is 0.253 e. The van der Waals surface area contributed by atoms with Gasteiger partial charge in [-0.25, -0.2) is 8.42 Å². The lowest BCUT2D eigenvalue weighted by molar-refractivity contribution is 0.600. The van der Waals surface area contributed by atoms with Crippen molar-refractivity contribution in [3.63, 3.8) is 0 Å². The maximum atomic E-state index is 10.9. The van der Waals surface area contributed by atoms with Gasteiger partial charge in [0, 0.05) is 12.1 Å². The molecule has 0 atom stereocenters. The number of hydrogen-bond acceptors (Lipinski definition) is 2. The van der Waals surface area contributed by atoms with Gasteiger partial charge in [0.15, 0.2) is 0 Å². The molecule has 0 spiro atoms. The molecular weight excluding hydrogens is 186 g/mol. The van der Waals surface area contributed by atoms with Gasteiger partial charge in [0.25, 0.3) is 10.0 Å². The van der Waals surface area contributed by atoms with E-state index in [1.807, 2.05) is 0 Å². The molecule has 4 heteroatoms. The average molecular weight is 203 g/mol. The first-order valence-corrected chi connectivity index (χ1v) is 6.55. The van der Waals surface area contributed by atoms with Gasteiger partial charge in [-0.3, -0.25) is 0 Å². The fourth-order valence-electron chi connectivity index (χ4n) is 1.46. The minimum Gasteiger partial charge on any atom is -0.205 e. The number of unbranched alkanes of at least 4 members (excludes halogenated alkanes) is 3. The number of hydrogen-bond donors (Lipinski definition) is 0. The molecule has 0 bridgehead atoms. The van der Waals surface area contributed by atoms with Crippen molar-refractivity contribution in [1.29, 1.82) is 0 Å². The zero-order valence-corrected chi connectivity index (χ0v) is 8.94. The Labute approximate surface area is 80.3 Å². The molecule has 0 aliphatic carbocycles. The van der Waals surface area contributed by atoms with E-state index in [0.717, 1.165) is 18.6 Å². The molecule has 0 amide bonds. The molecule has 76 valence electrons. The molecule has 0 aromatic rings. The molecule has 0 aromatic carbocycles. The first-order valence-electron chi connectivity index (χ1n) is 4.94. The van der Waals surface area contributed by atoms with E-state index in [1.165, 1.54) is 19.3 Å². The van der Waals surface area contributed by atoms with Crippen LogP contribution in [0.25, 0.3) is 0 Å². The summed E-state index contributed by atoms with van der Waals surface area (Å²) in [6, 6.07) is 0. The van der Waals surface area contributed by atoms with Crippen LogP contribution in [-0.2, 0) is 10.0 Å². The summed E-state index contributed by atoms with van der Waals surface area (Å²) in [5.74, 6) is 0.232. The highest BCUT2D eigenvalue weighted by Gasteiger charge is 2.18. The van der Waals surface area contributed by atoms with Gasteiger partial charge in [0.05, 0.1) is 5.75 Å². The van der Waals surface area contributed by atoms with Gasteiger partial charge >= 0.3 is 0 Å². The molecule has 1 aliphatic heterocycles. The number of nitrogens with zero attached hydrogens (tertiary/aromatic N) is 1. The standard InChI is InChI=1S/C9H17NO2S/c1-2-3-4-5-6-9-7-8-13(11,12)10-9/h2-8H2,1H3. The molecule has 0 saturated carbocycles. The smallest absolute Gasteiger partial charge is 0.205 e. The third-order valence-electron chi connectivity index (χ3n) is 2.24. The van der Waals surface area contributed by atoms with Crippen molar-refractivity contribution in [2.24, 2.45) is 4.40 Å². The Balaban J connectivity index is 2.24. The van der Waals surface area contributed by atoms with Crippen LogP contribution in [0.1, 0.15) is 45.4 Å². The summed E-state index contributed by atoms with van der Waals surface area (Å²) in [5, 5.41) is 0. The third kappa shape index (κ3) is 3.89. The molecule has 1 aliphatic rings. The van der Waals surface area contributed by atoms with Crippen LogP contribution in [0.5, 0.6) is 0 Å². The minimum atomic E-state index is -3.05. The van der Waals surface area contributed by atoms with Crippen LogP contribution in [0.3, 0.4) is 0 Å². The van der Waals surface area contributed by atoms with E-state index in [9.17, 15) is 8.42 Å². The quantitative estimate of drug-likeness (QED) is 0.643. The Hall–Kier alpha value is -0.380. The zero-order valence-electron chi connectivity index (χ0n) is 8.12. The molecule has 1 rings (SSSR count). The van der Waals surface area contributed by atoms with Crippen LogP contribution >= 0.6 is 0 Å². The summed E-state index contributed by atoms with van der Waals surface area (Å²) >= 11 is 0. The van der Waals surface area contributed by atoms with Crippen molar-refractivity contribution < 1.29 is 8.42 Å². The van der Waals surface area contributed by atoms with Crippen LogP contribution < -0.4 is 0 Å². The molecule has 0 unspecified atom stereocenters. The first kappa shape index (κ1) is 10.7. The van der Waals surface area contributed by atoms with Crippen molar-refractivity contribution in [3.8, 4) is 0 Å². The van der Waals surface area contributed by atoms with E-state index in [4.69, 9.17) is 0 Å². The summed E-state index contributed by atoms with van der Waals surface area (Å²) in [6.45, 7) is 2.16. The predicted octanol–water partition coefficient (Wildman–Crippen LogP) is 2.13. The van der Waals surface area contributed by atoms with Gasteiger partial charge in [0.2, 0.25) is 0 Å². The van der Waals surface area contributed by atoms with E-state index in [-0.39, 0.29) is 5.75 Å². The lowest BCUT2D eigenvalue weighted by Crippen LogP contribution is -1.94. The molecule has 0 fully saturated rings. The SMILES string of the molecule is CCCCCCC1=NS(=O)(=O)CC1. The summed E-state index contributed by atoms with van der Waals surface area (Å²) in [5.41, 5.74) is 0.885. The van der Waals surface area contributed by atoms with Crippen molar-refractivity contribution >= 4 is 15.7 Å². The summed E-state index contributed by atoms with van der Waals surface area (Å²) in [4.78, 5) is 0. The Morgan fingerprint density at radius 2 is 2.08 bits per heavy atom. The number of sulfonamides is 1. The van der Waals surface area contributed by atoms with Gasteiger partial charge in [-0.15, -0.1) is 0 Å². The first-order chi connectivity index (χ1) is 6.14. The fraction of sp³-hybridized carbons (Fsp3) is 0.889. The molecule has 0 radical (unpaired) electrons. The Morgan fingerprint density at radius 1 is 1.31 bits per heavy atom. The van der Waals surface area contributed by atoms with Crippen LogP contribution in [0.15, 0.2) is 4.40 Å². The van der Waals surface area contributed by atoms with Gasteiger partial charge < -0.3 is 0 Å². The molecule has 3 nitrogen and oxygen atoms in total. The van der Waals surface area contributed by atoms with E-state index in [1.54, 1.807) is 0 Å². The van der Waals surface area contributed by atoms with Crippen LogP contribution in [0.2, 0.25) is 0 Å². The molecule has 0 aromatic heterocycles. The van der Waals surface area contributed by atoms with Gasteiger partial charge in [-0.2, -0.15) is 4.40 Å². The molecule has 13 heavy (non-hydrogen) atoms. The van der Waals surface area contributed by atoms with Crippen LogP contribution in [-0.4, -0.2) is 19.9 Å². The molecule has 1 heterocycles. The minimum absolute atomic E-state index is 0.232. The Morgan fingerprint density at radius 3 is 2.62 bits per heavy atom. The van der Waals surface area contributed by atoms with E-state index >= 15 is 0 Å². The van der Waals surface area contributed by atoms with Crippen molar-refractivity contribution in [1.82, 2.24) is 0 Å². The maximum absolute atomic E-state index is 10.9. The second-order valence-electron chi connectivity index (χ2n) is 3.50. The third-order valence-corrected chi connectivity index (χ3v) is 3.49. The Kier molecular flexibility index (Phi) is 3.90. The van der Waals surface area contributed by atoms with Crippen molar-refractivity contribution in [3.05, 3.63) is 0 Å². The topological polar surface area (TPSA) is 46.5 Å². The lowest BCUT2D eigenvalue weighted by Gasteiger charge is -1.97. The van der Waals surface area contributed by atoms with Gasteiger partial charge in [-0.05, 0) is 12.8 Å². The average Bonchev–Trinajstić information content (AvgIpc) is 2.40. The van der Waals surface area contributed by atoms with Crippen molar-refractivity contribution in [2.45, 2.75) is 45.4 Å². The lowest BCUT2D eigenvalue weighted by atomic mass is 10.1. The predicted molar refractivity (Wildman–Crippen MR) is 54.6 cm³/mol. The highest BCUT2D eigenvalue weighted by Crippen LogP contribution is 2.14. The van der Waals surface area contributed by atoms with Crippen LogP contribution in [0, 0.1) is 0 Å². The number of rotatable bonds is 5. The van der Waals surface area contributed by atoms with Gasteiger partial charge in [-0.1, -0.05) is 26.2 Å². The van der Waals surface area contributed by atoms with E-state index in [0.29, 0.717) is 6.42 Å². The second-order valence-corrected chi connectivity index (χ2v) is 5.26. The Bertz CT molecular complexity index is 280. The molecule has 0 saturated heterocycles. The van der Waals surface area contributed by atoms with Crippen LogP contribution in [0.4, 0.5) is 0 Å². The molecule has 0 N–H and O–H groups in total.